The Labute approximate surface area is 144 Å². The lowest BCUT2D eigenvalue weighted by atomic mass is 10.2. The molecule has 0 radical (unpaired) electrons. The number of ether oxygens (including phenoxy) is 1. The molecule has 4 nitrogen and oxygen atoms in total. The minimum absolute atomic E-state index is 0.0942. The highest BCUT2D eigenvalue weighted by Gasteiger charge is 2.07. The summed E-state index contributed by atoms with van der Waals surface area (Å²) in [6.45, 7) is 4.73. The number of fused-ring (bicyclic) bond motifs is 1. The van der Waals surface area contributed by atoms with Crippen LogP contribution < -0.4 is 10.1 Å². The third-order valence-electron chi connectivity index (χ3n) is 3.54. The monoisotopic (exact) mass is 338 g/mol. The van der Waals surface area contributed by atoms with Crippen LogP contribution in [0.5, 0.6) is 5.75 Å². The second kappa shape index (κ2) is 7.75. The van der Waals surface area contributed by atoms with E-state index in [-0.39, 0.29) is 5.91 Å². The van der Waals surface area contributed by atoms with E-state index in [1.165, 1.54) is 11.3 Å². The molecule has 0 bridgehead atoms. The Balaban J connectivity index is 1.61. The molecule has 0 aliphatic carbocycles. The number of aromatic nitrogens is 1. The molecule has 0 aliphatic heterocycles. The van der Waals surface area contributed by atoms with Gasteiger partial charge >= 0.3 is 0 Å². The lowest BCUT2D eigenvalue weighted by Gasteiger charge is -2.08. The van der Waals surface area contributed by atoms with Gasteiger partial charge in [-0.2, -0.15) is 0 Å². The van der Waals surface area contributed by atoms with E-state index < -0.39 is 0 Å². The van der Waals surface area contributed by atoms with Gasteiger partial charge in [0.2, 0.25) is 0 Å². The van der Waals surface area contributed by atoms with E-state index in [4.69, 9.17) is 4.74 Å². The van der Waals surface area contributed by atoms with Crippen molar-refractivity contribution in [2.75, 3.05) is 6.61 Å². The molecule has 1 heterocycles. The molecule has 0 spiro atoms. The van der Waals surface area contributed by atoms with Crippen LogP contribution in [0.2, 0.25) is 0 Å². The highest BCUT2D eigenvalue weighted by molar-refractivity contribution is 7.16. The van der Waals surface area contributed by atoms with Crippen LogP contribution >= 0.6 is 11.3 Å². The molecule has 0 saturated carbocycles. The summed E-state index contributed by atoms with van der Waals surface area (Å²) in [4.78, 5) is 16.5. The lowest BCUT2D eigenvalue weighted by molar-refractivity contribution is 0.0951. The smallest absolute Gasteiger partial charge is 0.251 e. The Hall–Kier alpha value is -2.66. The third kappa shape index (κ3) is 4.00. The van der Waals surface area contributed by atoms with Gasteiger partial charge in [-0.1, -0.05) is 18.2 Å². The minimum Gasteiger partial charge on any atom is -0.493 e. The van der Waals surface area contributed by atoms with Gasteiger partial charge < -0.3 is 10.1 Å². The van der Waals surface area contributed by atoms with E-state index in [1.807, 2.05) is 42.5 Å². The molecule has 5 heteroatoms. The van der Waals surface area contributed by atoms with Gasteiger partial charge in [-0.15, -0.1) is 17.9 Å². The largest absolute Gasteiger partial charge is 0.493 e. The molecule has 0 fully saturated rings. The first-order chi connectivity index (χ1) is 11.8. The summed E-state index contributed by atoms with van der Waals surface area (Å²) in [5.74, 6) is 0.706. The van der Waals surface area contributed by atoms with Crippen LogP contribution in [0.4, 0.5) is 0 Å². The van der Waals surface area contributed by atoms with Crippen LogP contribution in [-0.4, -0.2) is 17.5 Å². The van der Waals surface area contributed by atoms with Gasteiger partial charge in [0.15, 0.2) is 0 Å². The molecule has 0 atom stereocenters. The molecule has 3 rings (SSSR count). The van der Waals surface area contributed by atoms with E-state index in [0.717, 1.165) is 28.0 Å². The van der Waals surface area contributed by atoms with Gasteiger partial charge in [0.1, 0.15) is 5.75 Å². The number of rotatable bonds is 7. The maximum Gasteiger partial charge on any atom is 0.251 e. The number of benzene rings is 2. The standard InChI is InChI=1S/C19H18N2O2S/c1-2-3-9-23-16-6-4-5-14(10-16)12-20-19(22)15-7-8-17-18(11-15)24-13-21-17/h2,4-8,10-11,13H,1,3,9,12H2,(H,20,22). The molecule has 24 heavy (non-hydrogen) atoms. The number of carbonyl (C=O) groups is 1. The van der Waals surface area contributed by atoms with Gasteiger partial charge in [0, 0.05) is 12.1 Å². The van der Waals surface area contributed by atoms with Crippen LogP contribution in [0.3, 0.4) is 0 Å². The van der Waals surface area contributed by atoms with E-state index in [9.17, 15) is 4.79 Å². The normalized spacial score (nSPS) is 10.5. The van der Waals surface area contributed by atoms with Crippen LogP contribution in [0.15, 0.2) is 60.6 Å². The molecule has 1 N–H and O–H groups in total. The summed E-state index contributed by atoms with van der Waals surface area (Å²) in [6.07, 6.45) is 2.63. The van der Waals surface area contributed by atoms with Crippen molar-refractivity contribution in [1.29, 1.82) is 0 Å². The second-order valence-corrected chi connectivity index (χ2v) is 6.18. The van der Waals surface area contributed by atoms with Crippen LogP contribution in [0, 0.1) is 0 Å². The van der Waals surface area contributed by atoms with Crippen molar-refractivity contribution in [2.45, 2.75) is 13.0 Å². The Morgan fingerprint density at radius 3 is 3.08 bits per heavy atom. The minimum atomic E-state index is -0.0942. The van der Waals surface area contributed by atoms with Crippen molar-refractivity contribution in [1.82, 2.24) is 10.3 Å². The Morgan fingerprint density at radius 1 is 1.29 bits per heavy atom. The van der Waals surface area contributed by atoms with E-state index in [0.29, 0.717) is 18.7 Å². The molecule has 0 saturated heterocycles. The van der Waals surface area contributed by atoms with Crippen LogP contribution in [0.1, 0.15) is 22.3 Å². The van der Waals surface area contributed by atoms with E-state index >= 15 is 0 Å². The zero-order chi connectivity index (χ0) is 16.8. The highest BCUT2D eigenvalue weighted by Crippen LogP contribution is 2.19. The molecule has 0 aliphatic rings. The summed E-state index contributed by atoms with van der Waals surface area (Å²) in [7, 11) is 0. The highest BCUT2D eigenvalue weighted by atomic mass is 32.1. The number of nitrogens with one attached hydrogen (secondary N) is 1. The average Bonchev–Trinajstić information content (AvgIpc) is 3.08. The first kappa shape index (κ1) is 16.2. The Morgan fingerprint density at radius 2 is 2.21 bits per heavy atom. The van der Waals surface area contributed by atoms with Crippen LogP contribution in [-0.2, 0) is 6.54 Å². The first-order valence-corrected chi connectivity index (χ1v) is 8.58. The average molecular weight is 338 g/mol. The fourth-order valence-corrected chi connectivity index (χ4v) is 3.00. The predicted octanol–water partition coefficient (Wildman–Crippen LogP) is 4.18. The van der Waals surface area contributed by atoms with Gasteiger partial charge in [-0.05, 0) is 42.3 Å². The number of hydrogen-bond donors (Lipinski definition) is 1. The van der Waals surface area contributed by atoms with Crippen LogP contribution in [0.25, 0.3) is 10.2 Å². The topological polar surface area (TPSA) is 51.2 Å². The Bertz CT molecular complexity index is 857. The van der Waals surface area contributed by atoms with Crippen molar-refractivity contribution in [3.63, 3.8) is 0 Å². The fourth-order valence-electron chi connectivity index (χ4n) is 2.29. The molecule has 0 unspecified atom stereocenters. The summed E-state index contributed by atoms with van der Waals surface area (Å²) < 4.78 is 6.64. The number of amides is 1. The molecular weight excluding hydrogens is 320 g/mol. The molecule has 1 amide bonds. The number of hydrogen-bond acceptors (Lipinski definition) is 4. The molecule has 1 aromatic heterocycles. The second-order valence-electron chi connectivity index (χ2n) is 5.29. The van der Waals surface area contributed by atoms with Crippen molar-refractivity contribution in [3.8, 4) is 5.75 Å². The summed E-state index contributed by atoms with van der Waals surface area (Å²) in [6, 6.07) is 13.3. The van der Waals surface area contributed by atoms with Crippen molar-refractivity contribution in [2.24, 2.45) is 0 Å². The lowest BCUT2D eigenvalue weighted by Crippen LogP contribution is -2.22. The van der Waals surface area contributed by atoms with Gasteiger partial charge in [-0.3, -0.25) is 4.79 Å². The number of thiazole rings is 1. The third-order valence-corrected chi connectivity index (χ3v) is 4.33. The van der Waals surface area contributed by atoms with E-state index in [1.54, 1.807) is 11.6 Å². The first-order valence-electron chi connectivity index (χ1n) is 7.70. The summed E-state index contributed by atoms with van der Waals surface area (Å²) in [5, 5.41) is 2.94. The Kier molecular flexibility index (Phi) is 5.23. The predicted molar refractivity (Wildman–Crippen MR) is 97.5 cm³/mol. The SMILES string of the molecule is C=CCCOc1cccc(CNC(=O)c2ccc3ncsc3c2)c1. The molecule has 122 valence electrons. The summed E-state index contributed by atoms with van der Waals surface area (Å²) >= 11 is 1.53. The molecule has 2 aromatic carbocycles. The van der Waals surface area contributed by atoms with Crippen molar-refractivity contribution >= 4 is 27.5 Å². The number of nitrogens with zero attached hydrogens (tertiary/aromatic N) is 1. The van der Waals surface area contributed by atoms with Gasteiger partial charge in [0.05, 0.1) is 22.3 Å². The van der Waals surface area contributed by atoms with Gasteiger partial charge in [0.25, 0.3) is 5.91 Å². The zero-order valence-electron chi connectivity index (χ0n) is 13.2. The van der Waals surface area contributed by atoms with Crippen molar-refractivity contribution < 1.29 is 9.53 Å². The maximum absolute atomic E-state index is 12.3. The molecule has 3 aromatic rings. The zero-order valence-corrected chi connectivity index (χ0v) is 14.0. The number of carbonyl (C=O) groups excluding carboxylic acids is 1. The van der Waals surface area contributed by atoms with E-state index in [2.05, 4.69) is 16.9 Å². The van der Waals surface area contributed by atoms with Crippen molar-refractivity contribution in [3.05, 3.63) is 71.8 Å². The quantitative estimate of drug-likeness (QED) is 0.519. The summed E-state index contributed by atoms with van der Waals surface area (Å²) in [5.41, 5.74) is 4.34. The maximum atomic E-state index is 12.3. The van der Waals surface area contributed by atoms with Gasteiger partial charge in [-0.25, -0.2) is 4.98 Å². The fraction of sp³-hybridized carbons (Fsp3) is 0.158. The molecular formula is C19H18N2O2S.